The molecule has 1 aromatic heterocycles. The average Bonchev–Trinajstić information content (AvgIpc) is 3.25. The third kappa shape index (κ3) is 4.42. The molecular weight excluding hydrogens is 350 g/mol. The Kier molecular flexibility index (Phi) is 6.03. The highest BCUT2D eigenvalue weighted by molar-refractivity contribution is 5.75. The van der Waals surface area contributed by atoms with Crippen LogP contribution in [0.3, 0.4) is 0 Å². The zero-order valence-corrected chi connectivity index (χ0v) is 16.3. The molecule has 5 nitrogen and oxygen atoms in total. The maximum Gasteiger partial charge on any atom is 0.325 e. The van der Waals surface area contributed by atoms with E-state index >= 15 is 0 Å². The molecule has 1 aromatic carbocycles. The number of carboxylic acids is 1. The van der Waals surface area contributed by atoms with E-state index in [0.717, 1.165) is 38.3 Å². The number of aliphatic carboxylic acids is 1. The zero-order valence-electron chi connectivity index (χ0n) is 16.3. The summed E-state index contributed by atoms with van der Waals surface area (Å²) in [7, 11) is 0. The fourth-order valence-electron chi connectivity index (χ4n) is 4.65. The number of nitrogens with zero attached hydrogens (tertiary/aromatic N) is 3. The molecule has 1 aliphatic heterocycles. The molecule has 0 amide bonds. The lowest BCUT2D eigenvalue weighted by Gasteiger charge is -2.37. The third-order valence-corrected chi connectivity index (χ3v) is 6.21. The molecule has 0 spiro atoms. The molecule has 148 valence electrons. The number of hydrogen-bond donors (Lipinski definition) is 1. The first-order valence-corrected chi connectivity index (χ1v) is 10.4. The quantitative estimate of drug-likeness (QED) is 0.830. The van der Waals surface area contributed by atoms with E-state index in [1.54, 1.807) is 6.20 Å². The van der Waals surface area contributed by atoms with Crippen LogP contribution in [-0.4, -0.2) is 52.0 Å². The second kappa shape index (κ2) is 8.84. The molecule has 1 N–H and O–H groups in total. The summed E-state index contributed by atoms with van der Waals surface area (Å²) >= 11 is 0. The first kappa shape index (κ1) is 19.1. The summed E-state index contributed by atoms with van der Waals surface area (Å²) in [5, 5.41) is 9.90. The number of rotatable bonds is 6. The maximum atomic E-state index is 12.0. The molecule has 5 heteroatoms. The highest BCUT2D eigenvalue weighted by Crippen LogP contribution is 2.35. The second-order valence-corrected chi connectivity index (χ2v) is 8.06. The lowest BCUT2D eigenvalue weighted by atomic mass is 9.94. The normalized spacial score (nSPS) is 20.3. The second-order valence-electron chi connectivity index (χ2n) is 8.06. The van der Waals surface area contributed by atoms with Crippen LogP contribution in [0.4, 0.5) is 0 Å². The van der Waals surface area contributed by atoms with E-state index in [1.165, 1.54) is 36.8 Å². The Morgan fingerprint density at radius 1 is 1.07 bits per heavy atom. The van der Waals surface area contributed by atoms with E-state index in [-0.39, 0.29) is 0 Å². The Hall–Kier alpha value is -2.24. The van der Waals surface area contributed by atoms with E-state index in [9.17, 15) is 9.90 Å². The SMILES string of the molecule is O=C(O)[C@H](c1ccc(C2CCCC2)cc1)N1CCN(Cc2cccnc2)CC1. The molecule has 1 atom stereocenters. The fourth-order valence-corrected chi connectivity index (χ4v) is 4.65. The van der Waals surface area contributed by atoms with Crippen LogP contribution < -0.4 is 0 Å². The summed E-state index contributed by atoms with van der Waals surface area (Å²) in [5.74, 6) is -0.0947. The Morgan fingerprint density at radius 2 is 1.79 bits per heavy atom. The number of aromatic nitrogens is 1. The van der Waals surface area contributed by atoms with Crippen molar-refractivity contribution in [2.24, 2.45) is 0 Å². The molecule has 2 aromatic rings. The van der Waals surface area contributed by atoms with Crippen molar-refractivity contribution in [3.8, 4) is 0 Å². The molecule has 28 heavy (non-hydrogen) atoms. The summed E-state index contributed by atoms with van der Waals surface area (Å²) in [4.78, 5) is 20.7. The molecule has 2 aliphatic rings. The smallest absolute Gasteiger partial charge is 0.325 e. The van der Waals surface area contributed by atoms with Crippen LogP contribution >= 0.6 is 0 Å². The topological polar surface area (TPSA) is 56.7 Å². The zero-order chi connectivity index (χ0) is 19.3. The lowest BCUT2D eigenvalue weighted by molar-refractivity contribution is -0.144. The minimum atomic E-state index is -0.755. The first-order chi connectivity index (χ1) is 13.7. The van der Waals surface area contributed by atoms with Gasteiger partial charge in [-0.3, -0.25) is 19.6 Å². The minimum absolute atomic E-state index is 0.557. The van der Waals surface area contributed by atoms with Crippen LogP contribution in [0.25, 0.3) is 0 Å². The van der Waals surface area contributed by atoms with Gasteiger partial charge in [0, 0.05) is 45.1 Å². The Bertz CT molecular complexity index is 764. The molecular formula is C23H29N3O2. The number of carboxylic acid groups (broad SMARTS) is 1. The van der Waals surface area contributed by atoms with Crippen molar-refractivity contribution in [2.45, 2.75) is 44.2 Å². The van der Waals surface area contributed by atoms with E-state index in [4.69, 9.17) is 0 Å². The number of benzene rings is 1. The first-order valence-electron chi connectivity index (χ1n) is 10.4. The lowest BCUT2D eigenvalue weighted by Crippen LogP contribution is -2.48. The van der Waals surface area contributed by atoms with Crippen molar-refractivity contribution in [2.75, 3.05) is 26.2 Å². The molecule has 1 aliphatic carbocycles. The molecule has 1 saturated heterocycles. The average molecular weight is 380 g/mol. The third-order valence-electron chi connectivity index (χ3n) is 6.21. The van der Waals surface area contributed by atoms with Crippen molar-refractivity contribution in [3.63, 3.8) is 0 Å². The van der Waals surface area contributed by atoms with Crippen molar-refractivity contribution < 1.29 is 9.90 Å². The predicted molar refractivity (Wildman–Crippen MR) is 109 cm³/mol. The molecule has 0 bridgehead atoms. The van der Waals surface area contributed by atoms with E-state index in [1.807, 2.05) is 24.4 Å². The monoisotopic (exact) mass is 379 g/mol. The minimum Gasteiger partial charge on any atom is -0.480 e. The highest BCUT2D eigenvalue weighted by atomic mass is 16.4. The predicted octanol–water partition coefficient (Wildman–Crippen LogP) is 3.68. The van der Waals surface area contributed by atoms with E-state index < -0.39 is 12.0 Å². The van der Waals surface area contributed by atoms with Crippen molar-refractivity contribution in [1.82, 2.24) is 14.8 Å². The summed E-state index contributed by atoms with van der Waals surface area (Å²) in [6.45, 7) is 4.15. The Morgan fingerprint density at radius 3 is 2.39 bits per heavy atom. The van der Waals surface area contributed by atoms with Crippen molar-refractivity contribution >= 4 is 5.97 Å². The van der Waals surface area contributed by atoms with E-state index in [0.29, 0.717) is 5.92 Å². The number of carbonyl (C=O) groups is 1. The molecule has 2 heterocycles. The van der Waals surface area contributed by atoms with Gasteiger partial charge < -0.3 is 5.11 Å². The van der Waals surface area contributed by atoms with Gasteiger partial charge in [-0.15, -0.1) is 0 Å². The molecule has 1 saturated carbocycles. The molecule has 0 radical (unpaired) electrons. The van der Waals surface area contributed by atoms with Crippen LogP contribution in [0, 0.1) is 0 Å². The summed E-state index contributed by atoms with van der Waals surface area (Å²) < 4.78 is 0. The Balaban J connectivity index is 1.39. The van der Waals surface area contributed by atoms with Gasteiger partial charge in [0.15, 0.2) is 0 Å². The Labute approximate surface area is 167 Å². The van der Waals surface area contributed by atoms with Crippen LogP contribution in [0.5, 0.6) is 0 Å². The standard InChI is InChI=1S/C23H29N3O2/c27-23(28)22(21-9-7-20(8-10-21)19-5-1-2-6-19)26-14-12-25(13-15-26)17-18-4-3-11-24-16-18/h3-4,7-11,16,19,22H,1-2,5-6,12-15,17H2,(H,27,28)/t22-/m0/s1. The highest BCUT2D eigenvalue weighted by Gasteiger charge is 2.30. The van der Waals surface area contributed by atoms with Crippen molar-refractivity contribution in [3.05, 3.63) is 65.5 Å². The van der Waals surface area contributed by atoms with Crippen LogP contribution in [0.15, 0.2) is 48.8 Å². The van der Waals surface area contributed by atoms with Crippen molar-refractivity contribution in [1.29, 1.82) is 0 Å². The van der Waals surface area contributed by atoms with Gasteiger partial charge in [-0.2, -0.15) is 0 Å². The van der Waals surface area contributed by atoms with Crippen LogP contribution in [-0.2, 0) is 11.3 Å². The van der Waals surface area contributed by atoms with Gasteiger partial charge in [-0.05, 0) is 41.5 Å². The largest absolute Gasteiger partial charge is 0.480 e. The van der Waals surface area contributed by atoms with Gasteiger partial charge >= 0.3 is 5.97 Å². The van der Waals surface area contributed by atoms with Gasteiger partial charge in [0.25, 0.3) is 0 Å². The molecule has 2 fully saturated rings. The van der Waals surface area contributed by atoms with Gasteiger partial charge in [0.05, 0.1) is 0 Å². The summed E-state index contributed by atoms with van der Waals surface area (Å²) in [5.41, 5.74) is 3.47. The maximum absolute atomic E-state index is 12.0. The van der Waals surface area contributed by atoms with Gasteiger partial charge in [-0.1, -0.05) is 43.2 Å². The number of piperazine rings is 1. The van der Waals surface area contributed by atoms with Gasteiger partial charge in [0.1, 0.15) is 6.04 Å². The number of pyridine rings is 1. The van der Waals surface area contributed by atoms with Gasteiger partial charge in [0.2, 0.25) is 0 Å². The van der Waals surface area contributed by atoms with Crippen LogP contribution in [0.2, 0.25) is 0 Å². The molecule has 0 unspecified atom stereocenters. The molecule has 4 rings (SSSR count). The van der Waals surface area contributed by atoms with Crippen LogP contribution in [0.1, 0.15) is 54.3 Å². The van der Waals surface area contributed by atoms with Gasteiger partial charge in [-0.25, -0.2) is 0 Å². The summed E-state index contributed by atoms with van der Waals surface area (Å²) in [6, 6.07) is 11.9. The summed E-state index contributed by atoms with van der Waals surface area (Å²) in [6.07, 6.45) is 8.84. The number of hydrogen-bond acceptors (Lipinski definition) is 4. The fraction of sp³-hybridized carbons (Fsp3) is 0.478. The van der Waals surface area contributed by atoms with E-state index in [2.05, 4.69) is 33.0 Å².